The summed E-state index contributed by atoms with van der Waals surface area (Å²) in [6, 6.07) is 9.71. The molecule has 116 valence electrons. The van der Waals surface area contributed by atoms with E-state index < -0.39 is 0 Å². The first-order valence-corrected chi connectivity index (χ1v) is 7.58. The zero-order valence-electron chi connectivity index (χ0n) is 12.5. The van der Waals surface area contributed by atoms with Gasteiger partial charge in [-0.3, -0.25) is 14.6 Å². The second-order valence-electron chi connectivity index (χ2n) is 5.35. The van der Waals surface area contributed by atoms with E-state index in [9.17, 15) is 9.59 Å². The lowest BCUT2D eigenvalue weighted by Crippen LogP contribution is -2.11. The Labute approximate surface area is 129 Å². The first-order chi connectivity index (χ1) is 10.6. The Balaban J connectivity index is 1.73. The number of para-hydroxylation sites is 1. The number of hydrogen-bond acceptors (Lipinski definition) is 3. The van der Waals surface area contributed by atoms with Crippen LogP contribution in [0.3, 0.4) is 0 Å². The predicted molar refractivity (Wildman–Crippen MR) is 87.3 cm³/mol. The van der Waals surface area contributed by atoms with E-state index in [0.29, 0.717) is 12.8 Å². The number of primary amides is 1. The van der Waals surface area contributed by atoms with Gasteiger partial charge in [-0.05, 0) is 25.0 Å². The van der Waals surface area contributed by atoms with Crippen molar-refractivity contribution in [1.29, 1.82) is 0 Å². The number of benzene rings is 1. The number of aromatic nitrogens is 1. The van der Waals surface area contributed by atoms with Gasteiger partial charge in [0.1, 0.15) is 0 Å². The number of hydrogen-bond donors (Lipinski definition) is 2. The lowest BCUT2D eigenvalue weighted by atomic mass is 10.1. The number of fused-ring (bicyclic) bond motifs is 1. The quantitative estimate of drug-likeness (QED) is 0.735. The molecule has 0 aliphatic rings. The molecule has 0 saturated heterocycles. The molecule has 0 saturated carbocycles. The van der Waals surface area contributed by atoms with Crippen molar-refractivity contribution in [1.82, 2.24) is 4.98 Å². The Morgan fingerprint density at radius 2 is 1.77 bits per heavy atom. The highest BCUT2D eigenvalue weighted by molar-refractivity contribution is 5.93. The topological polar surface area (TPSA) is 85.1 Å². The number of carbonyl (C=O) groups is 2. The summed E-state index contributed by atoms with van der Waals surface area (Å²) in [6.07, 6.45) is 6.03. The van der Waals surface area contributed by atoms with Crippen LogP contribution in [0, 0.1) is 0 Å². The third kappa shape index (κ3) is 5.16. The van der Waals surface area contributed by atoms with Gasteiger partial charge < -0.3 is 11.1 Å². The monoisotopic (exact) mass is 299 g/mol. The first-order valence-electron chi connectivity index (χ1n) is 7.58. The first kappa shape index (κ1) is 15.9. The van der Waals surface area contributed by atoms with Gasteiger partial charge >= 0.3 is 0 Å². The minimum atomic E-state index is -0.262. The lowest BCUT2D eigenvalue weighted by molar-refractivity contribution is -0.118. The van der Waals surface area contributed by atoms with Crippen LogP contribution in [0.1, 0.15) is 38.5 Å². The summed E-state index contributed by atoms with van der Waals surface area (Å²) < 4.78 is 0. The molecule has 1 aromatic carbocycles. The van der Waals surface area contributed by atoms with Crippen LogP contribution >= 0.6 is 0 Å². The maximum atomic E-state index is 11.9. The molecule has 0 aliphatic carbocycles. The summed E-state index contributed by atoms with van der Waals surface area (Å²) >= 11 is 0. The summed E-state index contributed by atoms with van der Waals surface area (Å²) in [6.45, 7) is 0. The Morgan fingerprint density at radius 3 is 2.55 bits per heavy atom. The molecule has 22 heavy (non-hydrogen) atoms. The van der Waals surface area contributed by atoms with Gasteiger partial charge in [-0.25, -0.2) is 0 Å². The van der Waals surface area contributed by atoms with Crippen molar-refractivity contribution in [3.63, 3.8) is 0 Å². The van der Waals surface area contributed by atoms with Crippen LogP contribution in [0.5, 0.6) is 0 Å². The number of carbonyl (C=O) groups excluding carboxylic acids is 2. The second kappa shape index (κ2) is 8.12. The fourth-order valence-electron chi connectivity index (χ4n) is 2.30. The van der Waals surface area contributed by atoms with E-state index in [-0.39, 0.29) is 11.8 Å². The van der Waals surface area contributed by atoms with E-state index in [1.165, 1.54) is 0 Å². The Hall–Kier alpha value is -2.43. The highest BCUT2D eigenvalue weighted by Crippen LogP contribution is 2.16. The molecular formula is C17H21N3O2. The van der Waals surface area contributed by atoms with Crippen LogP contribution in [0.25, 0.3) is 10.9 Å². The van der Waals surface area contributed by atoms with Gasteiger partial charge in [0.25, 0.3) is 0 Å². The van der Waals surface area contributed by atoms with E-state index in [1.807, 2.05) is 30.3 Å². The Kier molecular flexibility index (Phi) is 5.89. The smallest absolute Gasteiger partial charge is 0.224 e. The van der Waals surface area contributed by atoms with Crippen LogP contribution in [0.4, 0.5) is 5.69 Å². The number of nitrogens with zero attached hydrogens (tertiary/aromatic N) is 1. The van der Waals surface area contributed by atoms with E-state index in [4.69, 9.17) is 5.73 Å². The molecule has 0 spiro atoms. The third-order valence-electron chi connectivity index (χ3n) is 3.45. The summed E-state index contributed by atoms with van der Waals surface area (Å²) in [5.74, 6) is -0.270. The van der Waals surface area contributed by atoms with Crippen molar-refractivity contribution in [2.45, 2.75) is 38.5 Å². The van der Waals surface area contributed by atoms with Gasteiger partial charge in [0.2, 0.25) is 11.8 Å². The maximum absolute atomic E-state index is 11.9. The SMILES string of the molecule is NC(=O)CCCCCCC(=O)Nc1cnc2ccccc2c1. The Bertz CT molecular complexity index is 655. The molecule has 0 unspecified atom stereocenters. The molecule has 2 amide bonds. The molecule has 0 fully saturated rings. The van der Waals surface area contributed by atoms with Crippen LogP contribution < -0.4 is 11.1 Å². The summed E-state index contributed by atoms with van der Waals surface area (Å²) in [7, 11) is 0. The minimum Gasteiger partial charge on any atom is -0.370 e. The van der Waals surface area contributed by atoms with Gasteiger partial charge in [0.05, 0.1) is 17.4 Å². The molecule has 0 aliphatic heterocycles. The van der Waals surface area contributed by atoms with E-state index in [0.717, 1.165) is 42.3 Å². The number of nitrogens with one attached hydrogen (secondary N) is 1. The van der Waals surface area contributed by atoms with Gasteiger partial charge in [0.15, 0.2) is 0 Å². The van der Waals surface area contributed by atoms with Gasteiger partial charge in [-0.2, -0.15) is 0 Å². The fraction of sp³-hybridized carbons (Fsp3) is 0.353. The largest absolute Gasteiger partial charge is 0.370 e. The second-order valence-corrected chi connectivity index (χ2v) is 5.35. The highest BCUT2D eigenvalue weighted by Gasteiger charge is 2.04. The van der Waals surface area contributed by atoms with Crippen LogP contribution in [0.15, 0.2) is 36.5 Å². The summed E-state index contributed by atoms with van der Waals surface area (Å²) in [5.41, 5.74) is 6.70. The molecule has 0 atom stereocenters. The average Bonchev–Trinajstić information content (AvgIpc) is 2.50. The third-order valence-corrected chi connectivity index (χ3v) is 3.45. The van der Waals surface area contributed by atoms with Crippen molar-refractivity contribution in [3.05, 3.63) is 36.5 Å². The zero-order valence-corrected chi connectivity index (χ0v) is 12.5. The standard InChI is InChI=1S/C17H21N3O2/c18-16(21)9-3-1-2-4-10-17(22)20-14-11-13-7-5-6-8-15(13)19-12-14/h5-8,11-12H,1-4,9-10H2,(H2,18,21)(H,20,22). The summed E-state index contributed by atoms with van der Waals surface area (Å²) in [4.78, 5) is 26.8. The molecule has 1 heterocycles. The maximum Gasteiger partial charge on any atom is 0.224 e. The fourth-order valence-corrected chi connectivity index (χ4v) is 2.30. The molecular weight excluding hydrogens is 278 g/mol. The number of rotatable bonds is 8. The molecule has 0 bridgehead atoms. The lowest BCUT2D eigenvalue weighted by Gasteiger charge is -2.06. The molecule has 2 rings (SSSR count). The zero-order chi connectivity index (χ0) is 15.8. The number of nitrogens with two attached hydrogens (primary N) is 1. The summed E-state index contributed by atoms with van der Waals surface area (Å²) in [5, 5.41) is 3.87. The van der Waals surface area contributed by atoms with Gasteiger partial charge in [0, 0.05) is 18.2 Å². The molecule has 3 N–H and O–H groups in total. The average molecular weight is 299 g/mol. The van der Waals surface area contributed by atoms with Crippen LogP contribution in [0.2, 0.25) is 0 Å². The predicted octanol–water partition coefficient (Wildman–Crippen LogP) is 3.00. The number of pyridine rings is 1. The Morgan fingerprint density at radius 1 is 1.05 bits per heavy atom. The van der Waals surface area contributed by atoms with Crippen molar-refractivity contribution in [2.24, 2.45) is 5.73 Å². The highest BCUT2D eigenvalue weighted by atomic mass is 16.1. The molecule has 0 radical (unpaired) electrons. The number of unbranched alkanes of at least 4 members (excludes halogenated alkanes) is 3. The van der Waals surface area contributed by atoms with Gasteiger partial charge in [-0.1, -0.05) is 31.0 Å². The molecule has 5 nitrogen and oxygen atoms in total. The molecule has 5 heteroatoms. The van der Waals surface area contributed by atoms with Crippen molar-refractivity contribution in [3.8, 4) is 0 Å². The van der Waals surface area contributed by atoms with Crippen molar-refractivity contribution < 1.29 is 9.59 Å². The van der Waals surface area contributed by atoms with Crippen molar-refractivity contribution in [2.75, 3.05) is 5.32 Å². The normalized spacial score (nSPS) is 10.5. The molecule has 1 aromatic heterocycles. The van der Waals surface area contributed by atoms with E-state index in [1.54, 1.807) is 6.20 Å². The number of anilines is 1. The van der Waals surface area contributed by atoms with Crippen LogP contribution in [-0.2, 0) is 9.59 Å². The molecule has 2 aromatic rings. The van der Waals surface area contributed by atoms with Crippen LogP contribution in [-0.4, -0.2) is 16.8 Å². The van der Waals surface area contributed by atoms with E-state index in [2.05, 4.69) is 10.3 Å². The van der Waals surface area contributed by atoms with Gasteiger partial charge in [-0.15, -0.1) is 0 Å². The van der Waals surface area contributed by atoms with E-state index >= 15 is 0 Å². The number of amides is 2. The minimum absolute atomic E-state index is 0.00742. The van der Waals surface area contributed by atoms with Crippen molar-refractivity contribution >= 4 is 28.4 Å².